The standard InChI is InChI=1S/C27H35FN4O2/c1-18(26(33)31-13-5-8-22(31)15-29)16-30-17-23-14-24(30)27(34)32(23)25(19-6-3-2-4-7-19)20-9-11-21(28)12-10-20/h9-12,18-19,22-25H,2-8,13-14,16-17H2,1H3/t18-,22-,23+,24+,25+/m0/s1. The van der Waals surface area contributed by atoms with Crippen molar-refractivity contribution in [2.75, 3.05) is 19.6 Å². The number of carbonyl (C=O) groups is 2. The Labute approximate surface area is 201 Å². The van der Waals surface area contributed by atoms with Gasteiger partial charge in [-0.2, -0.15) is 5.26 Å². The summed E-state index contributed by atoms with van der Waals surface area (Å²) in [6.07, 6.45) is 8.26. The van der Waals surface area contributed by atoms with Crippen LogP contribution in [-0.2, 0) is 9.59 Å². The number of likely N-dealkylation sites (tertiary alicyclic amines) is 3. The number of rotatable bonds is 6. The molecule has 2 amide bonds. The van der Waals surface area contributed by atoms with Crippen molar-refractivity contribution in [1.82, 2.24) is 14.7 Å². The van der Waals surface area contributed by atoms with Crippen LogP contribution in [0.3, 0.4) is 0 Å². The van der Waals surface area contributed by atoms with Crippen LogP contribution in [0.15, 0.2) is 24.3 Å². The van der Waals surface area contributed by atoms with Gasteiger partial charge in [0.2, 0.25) is 11.8 Å². The molecule has 3 saturated heterocycles. The first kappa shape index (κ1) is 23.3. The second-order valence-electron chi connectivity index (χ2n) is 10.7. The van der Waals surface area contributed by atoms with Crippen molar-refractivity contribution in [1.29, 1.82) is 5.26 Å². The Kier molecular flexibility index (Phi) is 6.61. The Balaban J connectivity index is 1.30. The molecule has 5 rings (SSSR count). The number of fused-ring (bicyclic) bond motifs is 2. The highest BCUT2D eigenvalue weighted by Crippen LogP contribution is 2.45. The third-order valence-corrected chi connectivity index (χ3v) is 8.54. The van der Waals surface area contributed by atoms with Crippen LogP contribution in [0.25, 0.3) is 0 Å². The second kappa shape index (κ2) is 9.65. The number of benzene rings is 1. The van der Waals surface area contributed by atoms with E-state index in [1.807, 2.05) is 19.1 Å². The zero-order valence-corrected chi connectivity index (χ0v) is 20.0. The summed E-state index contributed by atoms with van der Waals surface area (Å²) in [6.45, 7) is 3.91. The van der Waals surface area contributed by atoms with E-state index in [2.05, 4.69) is 15.9 Å². The van der Waals surface area contributed by atoms with Gasteiger partial charge >= 0.3 is 0 Å². The third kappa shape index (κ3) is 4.22. The van der Waals surface area contributed by atoms with E-state index in [1.165, 1.54) is 31.4 Å². The van der Waals surface area contributed by atoms with Gasteiger partial charge in [-0.1, -0.05) is 38.3 Å². The molecule has 1 saturated carbocycles. The lowest BCUT2D eigenvalue weighted by molar-refractivity contribution is -0.143. The van der Waals surface area contributed by atoms with Gasteiger partial charge in [0.05, 0.1) is 18.2 Å². The minimum atomic E-state index is -0.311. The van der Waals surface area contributed by atoms with Gasteiger partial charge in [0, 0.05) is 31.6 Å². The first-order valence-corrected chi connectivity index (χ1v) is 13.0. The average molecular weight is 467 g/mol. The predicted octanol–water partition coefficient (Wildman–Crippen LogP) is 3.88. The lowest BCUT2D eigenvalue weighted by Gasteiger charge is -2.43. The lowest BCUT2D eigenvalue weighted by atomic mass is 9.80. The molecule has 1 aromatic carbocycles. The Bertz CT molecular complexity index is 954. The van der Waals surface area contributed by atoms with Gasteiger partial charge in [-0.05, 0) is 55.7 Å². The average Bonchev–Trinajstić information content (AvgIpc) is 3.56. The molecule has 5 atom stereocenters. The molecule has 0 aromatic heterocycles. The quantitative estimate of drug-likeness (QED) is 0.638. The highest BCUT2D eigenvalue weighted by Gasteiger charge is 2.53. The molecule has 2 bridgehead atoms. The number of piperazine rings is 1. The number of amides is 2. The summed E-state index contributed by atoms with van der Waals surface area (Å²) in [6, 6.07) is 8.63. The monoisotopic (exact) mass is 466 g/mol. The molecule has 0 radical (unpaired) electrons. The van der Waals surface area contributed by atoms with Crippen molar-refractivity contribution in [2.45, 2.75) is 82.5 Å². The Hall–Kier alpha value is -2.46. The smallest absolute Gasteiger partial charge is 0.240 e. The van der Waals surface area contributed by atoms with Crippen LogP contribution in [0.4, 0.5) is 4.39 Å². The normalized spacial score (nSPS) is 29.4. The molecule has 6 nitrogen and oxygen atoms in total. The summed E-state index contributed by atoms with van der Waals surface area (Å²) < 4.78 is 13.7. The van der Waals surface area contributed by atoms with Gasteiger partial charge in [0.1, 0.15) is 11.9 Å². The van der Waals surface area contributed by atoms with E-state index in [0.717, 1.165) is 44.2 Å². The van der Waals surface area contributed by atoms with Crippen LogP contribution < -0.4 is 0 Å². The van der Waals surface area contributed by atoms with Gasteiger partial charge in [0.15, 0.2) is 0 Å². The van der Waals surface area contributed by atoms with Gasteiger partial charge in [-0.25, -0.2) is 4.39 Å². The van der Waals surface area contributed by atoms with Crippen LogP contribution in [0.2, 0.25) is 0 Å². The Morgan fingerprint density at radius 1 is 1.15 bits per heavy atom. The first-order valence-electron chi connectivity index (χ1n) is 13.0. The molecule has 3 aliphatic heterocycles. The number of hydrogen-bond acceptors (Lipinski definition) is 4. The number of nitrogens with zero attached hydrogens (tertiary/aromatic N) is 4. The van der Waals surface area contributed by atoms with Crippen molar-refractivity contribution in [3.63, 3.8) is 0 Å². The molecule has 1 aliphatic carbocycles. The predicted molar refractivity (Wildman–Crippen MR) is 126 cm³/mol. The molecule has 0 spiro atoms. The molecule has 0 unspecified atom stereocenters. The molecule has 4 aliphatic rings. The van der Waals surface area contributed by atoms with Crippen LogP contribution in [0, 0.1) is 29.0 Å². The van der Waals surface area contributed by atoms with E-state index in [-0.39, 0.29) is 47.7 Å². The second-order valence-corrected chi connectivity index (χ2v) is 10.7. The highest BCUT2D eigenvalue weighted by atomic mass is 19.1. The van der Waals surface area contributed by atoms with E-state index in [1.54, 1.807) is 4.90 Å². The highest BCUT2D eigenvalue weighted by molar-refractivity contribution is 5.86. The van der Waals surface area contributed by atoms with Gasteiger partial charge in [-0.15, -0.1) is 0 Å². The van der Waals surface area contributed by atoms with Crippen molar-refractivity contribution in [2.24, 2.45) is 11.8 Å². The maximum atomic E-state index is 13.7. The molecule has 3 heterocycles. The number of carbonyl (C=O) groups excluding carboxylic acids is 2. The fourth-order valence-electron chi connectivity index (χ4n) is 6.90. The SMILES string of the molecule is C[C@@H](CN1C[C@H]2C[C@@H]1C(=O)N2[C@@H](c1ccc(F)cc1)C1CCCCC1)C(=O)N1CCC[C@H]1C#N. The van der Waals surface area contributed by atoms with E-state index >= 15 is 0 Å². The molecule has 182 valence electrons. The summed E-state index contributed by atoms with van der Waals surface area (Å²) in [4.78, 5) is 32.7. The van der Waals surface area contributed by atoms with Crippen molar-refractivity contribution >= 4 is 11.8 Å². The molecule has 7 heteroatoms. The molecule has 1 aromatic rings. The summed E-state index contributed by atoms with van der Waals surface area (Å²) in [5.41, 5.74) is 1.04. The fraction of sp³-hybridized carbons (Fsp3) is 0.667. The summed E-state index contributed by atoms with van der Waals surface area (Å²) in [5, 5.41) is 9.34. The minimum absolute atomic E-state index is 0.00518. The van der Waals surface area contributed by atoms with Crippen molar-refractivity contribution in [3.8, 4) is 6.07 Å². The number of nitriles is 1. The Morgan fingerprint density at radius 2 is 1.88 bits per heavy atom. The summed E-state index contributed by atoms with van der Waals surface area (Å²) >= 11 is 0. The third-order valence-electron chi connectivity index (χ3n) is 8.54. The van der Waals surface area contributed by atoms with E-state index in [4.69, 9.17) is 0 Å². The molecule has 4 fully saturated rings. The van der Waals surface area contributed by atoms with Crippen LogP contribution in [-0.4, -0.2) is 64.3 Å². The molecule has 0 N–H and O–H groups in total. The Morgan fingerprint density at radius 3 is 2.56 bits per heavy atom. The number of halogens is 1. The van der Waals surface area contributed by atoms with Crippen LogP contribution in [0.1, 0.15) is 69.9 Å². The summed E-state index contributed by atoms with van der Waals surface area (Å²) in [5.74, 6) is 0.117. The molecular formula is C27H35FN4O2. The topological polar surface area (TPSA) is 67.7 Å². The van der Waals surface area contributed by atoms with E-state index in [9.17, 15) is 19.2 Å². The number of hydrogen-bond donors (Lipinski definition) is 0. The maximum Gasteiger partial charge on any atom is 0.240 e. The van der Waals surface area contributed by atoms with Crippen molar-refractivity contribution in [3.05, 3.63) is 35.6 Å². The summed E-state index contributed by atoms with van der Waals surface area (Å²) in [7, 11) is 0. The fourth-order valence-corrected chi connectivity index (χ4v) is 6.90. The minimum Gasteiger partial charge on any atom is -0.330 e. The largest absolute Gasteiger partial charge is 0.330 e. The zero-order chi connectivity index (χ0) is 23.8. The molecule has 34 heavy (non-hydrogen) atoms. The van der Waals surface area contributed by atoms with E-state index in [0.29, 0.717) is 19.0 Å². The van der Waals surface area contributed by atoms with Crippen LogP contribution >= 0.6 is 0 Å². The zero-order valence-electron chi connectivity index (χ0n) is 20.0. The van der Waals surface area contributed by atoms with Crippen molar-refractivity contribution < 1.29 is 14.0 Å². The van der Waals surface area contributed by atoms with E-state index < -0.39 is 0 Å². The van der Waals surface area contributed by atoms with Gasteiger partial charge in [-0.3, -0.25) is 14.5 Å². The van der Waals surface area contributed by atoms with Gasteiger partial charge < -0.3 is 9.80 Å². The maximum absolute atomic E-state index is 13.7. The van der Waals surface area contributed by atoms with Crippen LogP contribution in [0.5, 0.6) is 0 Å². The molecular weight excluding hydrogens is 431 g/mol. The first-order chi connectivity index (χ1) is 16.5. The van der Waals surface area contributed by atoms with Gasteiger partial charge in [0.25, 0.3) is 0 Å². The lowest BCUT2D eigenvalue weighted by Crippen LogP contribution is -2.54.